The molecule has 5 heteroatoms. The van der Waals surface area contributed by atoms with E-state index in [-0.39, 0.29) is 5.91 Å². The third-order valence-electron chi connectivity index (χ3n) is 3.30. The summed E-state index contributed by atoms with van der Waals surface area (Å²) < 4.78 is 0. The van der Waals surface area contributed by atoms with Gasteiger partial charge in [0.25, 0.3) is 0 Å². The molecule has 0 saturated heterocycles. The molecule has 1 saturated carbocycles. The lowest BCUT2D eigenvalue weighted by Crippen LogP contribution is -2.27. The Balaban J connectivity index is 1.58. The van der Waals surface area contributed by atoms with Gasteiger partial charge in [-0.25, -0.2) is 0 Å². The molecule has 110 valence electrons. The summed E-state index contributed by atoms with van der Waals surface area (Å²) in [6.45, 7) is 1.15. The van der Waals surface area contributed by atoms with Gasteiger partial charge < -0.3 is 15.7 Å². The van der Waals surface area contributed by atoms with Crippen molar-refractivity contribution in [1.82, 2.24) is 10.6 Å². The largest absolute Gasteiger partial charge is 0.387 e. The Bertz CT molecular complexity index is 449. The predicted octanol–water partition coefficient (Wildman–Crippen LogP) is 2.02. The second kappa shape index (κ2) is 7.62. The fourth-order valence-electron chi connectivity index (χ4n) is 2.00. The molecule has 0 heterocycles. The molecule has 0 aliphatic heterocycles. The Hall–Kier alpha value is -1.10. The average molecular weight is 297 g/mol. The maximum Gasteiger partial charge on any atom is 0.220 e. The third-order valence-corrected chi connectivity index (χ3v) is 3.65. The van der Waals surface area contributed by atoms with E-state index in [2.05, 4.69) is 10.6 Å². The van der Waals surface area contributed by atoms with Crippen LogP contribution < -0.4 is 10.6 Å². The zero-order valence-electron chi connectivity index (χ0n) is 11.4. The van der Waals surface area contributed by atoms with E-state index in [4.69, 9.17) is 11.6 Å². The summed E-state index contributed by atoms with van der Waals surface area (Å²) in [6.07, 6.45) is 2.92. The van der Waals surface area contributed by atoms with Gasteiger partial charge in [0.1, 0.15) is 0 Å². The number of amides is 1. The molecular formula is C15H21ClN2O2. The van der Waals surface area contributed by atoms with E-state index in [0.717, 1.165) is 24.8 Å². The Morgan fingerprint density at radius 1 is 1.40 bits per heavy atom. The van der Waals surface area contributed by atoms with E-state index in [1.165, 1.54) is 0 Å². The summed E-state index contributed by atoms with van der Waals surface area (Å²) in [4.78, 5) is 11.5. The minimum Gasteiger partial charge on any atom is -0.387 e. The van der Waals surface area contributed by atoms with Crippen molar-refractivity contribution in [1.29, 1.82) is 0 Å². The number of carbonyl (C=O) groups is 1. The molecule has 1 atom stereocenters. The Morgan fingerprint density at radius 3 is 2.85 bits per heavy atom. The van der Waals surface area contributed by atoms with Crippen LogP contribution in [0.15, 0.2) is 24.3 Å². The number of aliphatic hydroxyl groups is 1. The van der Waals surface area contributed by atoms with Gasteiger partial charge in [-0.3, -0.25) is 4.79 Å². The number of halogens is 1. The molecule has 4 nitrogen and oxygen atoms in total. The van der Waals surface area contributed by atoms with Crippen molar-refractivity contribution in [2.45, 2.75) is 37.8 Å². The lowest BCUT2D eigenvalue weighted by Gasteiger charge is -2.13. The highest BCUT2D eigenvalue weighted by molar-refractivity contribution is 6.31. The second-order valence-electron chi connectivity index (χ2n) is 5.19. The first-order valence-corrected chi connectivity index (χ1v) is 7.47. The molecule has 1 aromatic carbocycles. The highest BCUT2D eigenvalue weighted by Crippen LogP contribution is 2.21. The van der Waals surface area contributed by atoms with Gasteiger partial charge in [0.2, 0.25) is 5.91 Å². The molecular weight excluding hydrogens is 276 g/mol. The first-order valence-electron chi connectivity index (χ1n) is 7.09. The van der Waals surface area contributed by atoms with Gasteiger partial charge in [0, 0.05) is 29.6 Å². The standard InChI is InChI=1S/C15H21ClN2O2/c16-13-5-2-1-4-12(13)14(19)10-17-9-3-6-15(20)18-11-7-8-11/h1-2,4-5,11,14,17,19H,3,6-10H2,(H,18,20). The summed E-state index contributed by atoms with van der Waals surface area (Å²) in [6, 6.07) is 7.70. The highest BCUT2D eigenvalue weighted by Gasteiger charge is 2.22. The smallest absolute Gasteiger partial charge is 0.220 e. The Labute approximate surface area is 124 Å². The van der Waals surface area contributed by atoms with E-state index >= 15 is 0 Å². The molecule has 2 rings (SSSR count). The minimum absolute atomic E-state index is 0.126. The van der Waals surface area contributed by atoms with Crippen LogP contribution >= 0.6 is 11.6 Å². The Kier molecular flexibility index (Phi) is 5.83. The second-order valence-corrected chi connectivity index (χ2v) is 5.59. The zero-order valence-corrected chi connectivity index (χ0v) is 12.2. The molecule has 1 amide bonds. The van der Waals surface area contributed by atoms with Crippen LogP contribution in [0.5, 0.6) is 0 Å². The van der Waals surface area contributed by atoms with Crippen LogP contribution in [0.4, 0.5) is 0 Å². The quantitative estimate of drug-likeness (QED) is 0.643. The van der Waals surface area contributed by atoms with E-state index in [9.17, 15) is 9.90 Å². The van der Waals surface area contributed by atoms with Crippen molar-refractivity contribution < 1.29 is 9.90 Å². The molecule has 1 aliphatic rings. The van der Waals surface area contributed by atoms with Crippen LogP contribution in [0.3, 0.4) is 0 Å². The number of benzene rings is 1. The van der Waals surface area contributed by atoms with Gasteiger partial charge in [-0.05, 0) is 31.9 Å². The van der Waals surface area contributed by atoms with Gasteiger partial charge in [-0.1, -0.05) is 29.8 Å². The van der Waals surface area contributed by atoms with E-state index in [1.54, 1.807) is 6.07 Å². The maximum atomic E-state index is 11.5. The third kappa shape index (κ3) is 5.12. The van der Waals surface area contributed by atoms with Crippen LogP contribution in [-0.2, 0) is 4.79 Å². The molecule has 20 heavy (non-hydrogen) atoms. The van der Waals surface area contributed by atoms with Crippen LogP contribution in [0.1, 0.15) is 37.4 Å². The summed E-state index contributed by atoms with van der Waals surface area (Å²) in [5.74, 6) is 0.126. The van der Waals surface area contributed by atoms with Crippen molar-refractivity contribution in [2.75, 3.05) is 13.1 Å². The van der Waals surface area contributed by atoms with E-state index in [1.807, 2.05) is 18.2 Å². The van der Waals surface area contributed by atoms with Gasteiger partial charge in [-0.2, -0.15) is 0 Å². The number of hydrogen-bond donors (Lipinski definition) is 3. The molecule has 0 radical (unpaired) electrons. The van der Waals surface area contributed by atoms with Crippen molar-refractivity contribution in [2.24, 2.45) is 0 Å². The van der Waals surface area contributed by atoms with Crippen molar-refractivity contribution in [3.05, 3.63) is 34.9 Å². The van der Waals surface area contributed by atoms with Crippen LogP contribution in [0, 0.1) is 0 Å². The van der Waals surface area contributed by atoms with Crippen molar-refractivity contribution in [3.63, 3.8) is 0 Å². The van der Waals surface area contributed by atoms with E-state index in [0.29, 0.717) is 30.6 Å². The normalized spacial score (nSPS) is 15.9. The predicted molar refractivity (Wildman–Crippen MR) is 79.7 cm³/mol. The molecule has 0 bridgehead atoms. The molecule has 1 fully saturated rings. The van der Waals surface area contributed by atoms with Gasteiger partial charge in [-0.15, -0.1) is 0 Å². The zero-order chi connectivity index (χ0) is 14.4. The first-order chi connectivity index (χ1) is 9.66. The maximum absolute atomic E-state index is 11.5. The lowest BCUT2D eigenvalue weighted by atomic mass is 10.1. The summed E-state index contributed by atoms with van der Waals surface area (Å²) in [7, 11) is 0. The summed E-state index contributed by atoms with van der Waals surface area (Å²) >= 11 is 6.01. The Morgan fingerprint density at radius 2 is 2.15 bits per heavy atom. The van der Waals surface area contributed by atoms with Gasteiger partial charge >= 0.3 is 0 Å². The fourth-order valence-corrected chi connectivity index (χ4v) is 2.26. The SMILES string of the molecule is O=C(CCCNCC(O)c1ccccc1Cl)NC1CC1. The molecule has 0 aromatic heterocycles. The van der Waals surface area contributed by atoms with E-state index < -0.39 is 6.10 Å². The number of hydrogen-bond acceptors (Lipinski definition) is 3. The number of aliphatic hydroxyl groups excluding tert-OH is 1. The van der Waals surface area contributed by atoms with Crippen LogP contribution in [-0.4, -0.2) is 30.1 Å². The molecule has 3 N–H and O–H groups in total. The van der Waals surface area contributed by atoms with Gasteiger partial charge in [0.05, 0.1) is 6.10 Å². The molecule has 0 spiro atoms. The number of rotatable bonds is 8. The fraction of sp³-hybridized carbons (Fsp3) is 0.533. The molecule has 1 aromatic rings. The van der Waals surface area contributed by atoms with Crippen molar-refractivity contribution in [3.8, 4) is 0 Å². The van der Waals surface area contributed by atoms with Gasteiger partial charge in [0.15, 0.2) is 0 Å². The topological polar surface area (TPSA) is 61.4 Å². The van der Waals surface area contributed by atoms with Crippen LogP contribution in [0.2, 0.25) is 5.02 Å². The summed E-state index contributed by atoms with van der Waals surface area (Å²) in [5, 5.41) is 16.7. The molecule has 1 aliphatic carbocycles. The number of nitrogens with one attached hydrogen (secondary N) is 2. The monoisotopic (exact) mass is 296 g/mol. The minimum atomic E-state index is -0.621. The first kappa shape index (κ1) is 15.3. The van der Waals surface area contributed by atoms with Crippen LogP contribution in [0.25, 0.3) is 0 Å². The lowest BCUT2D eigenvalue weighted by molar-refractivity contribution is -0.121. The number of carbonyl (C=O) groups excluding carboxylic acids is 1. The average Bonchev–Trinajstić information content (AvgIpc) is 3.22. The highest BCUT2D eigenvalue weighted by atomic mass is 35.5. The summed E-state index contributed by atoms with van der Waals surface area (Å²) in [5.41, 5.74) is 0.730. The van der Waals surface area contributed by atoms with Crippen molar-refractivity contribution >= 4 is 17.5 Å². The molecule has 1 unspecified atom stereocenters.